The average molecular weight is 464 g/mol. The van der Waals surface area contributed by atoms with Crippen LogP contribution in [0, 0.1) is 10.5 Å². The lowest BCUT2D eigenvalue weighted by molar-refractivity contribution is -0.137. The third kappa shape index (κ3) is 3.04. The third-order valence-electron chi connectivity index (χ3n) is 5.63. The Kier molecular flexibility index (Phi) is 4.54. The van der Waals surface area contributed by atoms with Crippen LogP contribution < -0.4 is 5.32 Å². The van der Waals surface area contributed by atoms with Crippen LogP contribution in [0.4, 0.5) is 5.69 Å². The maximum atomic E-state index is 12.5. The fraction of sp³-hybridized carbons (Fsp3) is 0.400. The molecule has 0 spiro atoms. The van der Waals surface area contributed by atoms with E-state index >= 15 is 0 Å². The van der Waals surface area contributed by atoms with Crippen molar-refractivity contribution in [2.24, 2.45) is 0 Å². The Labute approximate surface area is 165 Å². The summed E-state index contributed by atoms with van der Waals surface area (Å²) in [5.74, 6) is -0.828. The molecule has 0 radical (unpaired) electrons. The van der Waals surface area contributed by atoms with Crippen LogP contribution in [-0.4, -0.2) is 22.0 Å². The van der Waals surface area contributed by atoms with Crippen LogP contribution in [0.25, 0.3) is 0 Å². The molecule has 1 aliphatic heterocycles. The van der Waals surface area contributed by atoms with Gasteiger partial charge in [-0.2, -0.15) is 0 Å². The van der Waals surface area contributed by atoms with E-state index in [1.807, 2.05) is 12.1 Å². The monoisotopic (exact) mass is 464 g/mol. The number of nitrogens with one attached hydrogen (secondary N) is 2. The molecule has 0 bridgehead atoms. The van der Waals surface area contributed by atoms with Gasteiger partial charge in [-0.15, -0.1) is 0 Å². The van der Waals surface area contributed by atoms with Gasteiger partial charge in [-0.3, -0.25) is 9.59 Å². The second-order valence-electron chi connectivity index (χ2n) is 7.30. The van der Waals surface area contributed by atoms with Crippen molar-refractivity contribution in [2.75, 3.05) is 5.32 Å². The number of aryl methyl sites for hydroxylation is 1. The number of anilines is 1. The number of aromatic amines is 1. The molecule has 2 aromatic rings. The Bertz CT molecular complexity index is 903. The molecule has 0 saturated carbocycles. The SMILES string of the molecule is Cc1c(I)ccc2c1C(Cc1cc3c([nH]1)CCCC3CC(=O)O)C(=O)N2. The molecule has 2 atom stereocenters. The van der Waals surface area contributed by atoms with Gasteiger partial charge in [0.2, 0.25) is 5.91 Å². The van der Waals surface area contributed by atoms with Gasteiger partial charge in [0.05, 0.1) is 12.3 Å². The molecule has 5 nitrogen and oxygen atoms in total. The molecule has 2 unspecified atom stereocenters. The fourth-order valence-electron chi connectivity index (χ4n) is 4.39. The van der Waals surface area contributed by atoms with Crippen molar-refractivity contribution >= 4 is 40.2 Å². The van der Waals surface area contributed by atoms with Crippen molar-refractivity contribution in [2.45, 2.75) is 50.9 Å². The number of aliphatic carboxylic acids is 1. The lowest BCUT2D eigenvalue weighted by Crippen LogP contribution is -2.15. The van der Waals surface area contributed by atoms with E-state index in [2.05, 4.69) is 45.9 Å². The van der Waals surface area contributed by atoms with Crippen LogP contribution in [0.2, 0.25) is 0 Å². The molecule has 26 heavy (non-hydrogen) atoms. The first-order valence-corrected chi connectivity index (χ1v) is 10.0. The van der Waals surface area contributed by atoms with Crippen molar-refractivity contribution < 1.29 is 14.7 Å². The van der Waals surface area contributed by atoms with Gasteiger partial charge < -0.3 is 15.4 Å². The van der Waals surface area contributed by atoms with Crippen LogP contribution in [0.15, 0.2) is 18.2 Å². The van der Waals surface area contributed by atoms with Crippen molar-refractivity contribution in [1.82, 2.24) is 4.98 Å². The van der Waals surface area contributed by atoms with Crippen LogP contribution in [0.3, 0.4) is 0 Å². The Morgan fingerprint density at radius 1 is 1.38 bits per heavy atom. The largest absolute Gasteiger partial charge is 0.481 e. The highest BCUT2D eigenvalue weighted by Gasteiger charge is 2.34. The number of carboxylic acids is 1. The Morgan fingerprint density at radius 3 is 2.96 bits per heavy atom. The molecule has 0 fully saturated rings. The Morgan fingerprint density at radius 2 is 2.19 bits per heavy atom. The molecule has 3 N–H and O–H groups in total. The van der Waals surface area contributed by atoms with Gasteiger partial charge in [0.1, 0.15) is 0 Å². The summed E-state index contributed by atoms with van der Waals surface area (Å²) in [4.78, 5) is 27.2. The van der Waals surface area contributed by atoms with Crippen LogP contribution in [0.1, 0.15) is 59.2 Å². The number of fused-ring (bicyclic) bond motifs is 2. The van der Waals surface area contributed by atoms with Crippen LogP contribution >= 0.6 is 22.6 Å². The number of rotatable bonds is 4. The normalized spacial score (nSPS) is 21.2. The van der Waals surface area contributed by atoms with Gasteiger partial charge in [-0.05, 0) is 89.6 Å². The number of amides is 1. The van der Waals surface area contributed by atoms with Gasteiger partial charge in [-0.25, -0.2) is 0 Å². The number of carbonyl (C=O) groups is 2. The van der Waals surface area contributed by atoms with Crippen molar-refractivity contribution in [3.8, 4) is 0 Å². The van der Waals surface area contributed by atoms with Crippen molar-refractivity contribution in [3.05, 3.63) is 49.8 Å². The number of hydrogen-bond acceptors (Lipinski definition) is 2. The lowest BCUT2D eigenvalue weighted by Gasteiger charge is -2.20. The topological polar surface area (TPSA) is 82.2 Å². The fourth-order valence-corrected chi connectivity index (χ4v) is 4.86. The maximum absolute atomic E-state index is 12.5. The number of carbonyl (C=O) groups excluding carboxylic acids is 1. The zero-order valence-electron chi connectivity index (χ0n) is 14.6. The van der Waals surface area contributed by atoms with E-state index in [4.69, 9.17) is 5.11 Å². The number of carboxylic acid groups (broad SMARTS) is 1. The molecule has 1 amide bonds. The standard InChI is InChI=1S/C20H21IN2O3/c1-10-15(21)5-6-17-19(10)14(20(26)23-17)9-12-8-13-11(7-18(24)25)3-2-4-16(13)22-12/h5-6,8,11,14,22H,2-4,7,9H2,1H3,(H,23,26)(H,24,25). The summed E-state index contributed by atoms with van der Waals surface area (Å²) < 4.78 is 1.16. The van der Waals surface area contributed by atoms with E-state index in [9.17, 15) is 9.59 Å². The number of benzene rings is 1. The zero-order valence-corrected chi connectivity index (χ0v) is 16.7. The first kappa shape index (κ1) is 17.6. The van der Waals surface area contributed by atoms with Gasteiger partial charge in [0.15, 0.2) is 0 Å². The summed E-state index contributed by atoms with van der Waals surface area (Å²) in [5.41, 5.74) is 6.47. The van der Waals surface area contributed by atoms with Gasteiger partial charge >= 0.3 is 5.97 Å². The summed E-state index contributed by atoms with van der Waals surface area (Å²) >= 11 is 2.31. The third-order valence-corrected chi connectivity index (χ3v) is 6.79. The Balaban J connectivity index is 1.64. The van der Waals surface area contributed by atoms with E-state index in [1.165, 1.54) is 0 Å². The Hall–Kier alpha value is -1.83. The molecular formula is C20H21IN2O3. The minimum Gasteiger partial charge on any atom is -0.481 e. The van der Waals surface area contributed by atoms with E-state index in [-0.39, 0.29) is 24.2 Å². The summed E-state index contributed by atoms with van der Waals surface area (Å²) in [6.45, 7) is 2.07. The van der Waals surface area contributed by atoms with E-state index < -0.39 is 5.97 Å². The van der Waals surface area contributed by atoms with Gasteiger partial charge in [0.25, 0.3) is 0 Å². The first-order valence-electron chi connectivity index (χ1n) is 8.96. The summed E-state index contributed by atoms with van der Waals surface area (Å²) in [5, 5.41) is 12.2. The quantitative estimate of drug-likeness (QED) is 0.596. The molecule has 2 aliphatic rings. The summed E-state index contributed by atoms with van der Waals surface area (Å²) in [6.07, 6.45) is 3.67. The van der Waals surface area contributed by atoms with Crippen molar-refractivity contribution in [1.29, 1.82) is 0 Å². The molecule has 1 aromatic heterocycles. The highest BCUT2D eigenvalue weighted by Crippen LogP contribution is 2.40. The minimum atomic E-state index is -0.750. The molecule has 1 aromatic carbocycles. The smallest absolute Gasteiger partial charge is 0.303 e. The second kappa shape index (κ2) is 6.72. The predicted molar refractivity (Wildman–Crippen MR) is 108 cm³/mol. The van der Waals surface area contributed by atoms with E-state index in [1.54, 1.807) is 0 Å². The maximum Gasteiger partial charge on any atom is 0.303 e. The number of halogens is 1. The molecule has 1 aliphatic carbocycles. The van der Waals surface area contributed by atoms with Crippen molar-refractivity contribution in [3.63, 3.8) is 0 Å². The average Bonchev–Trinajstić information content (AvgIpc) is 3.13. The predicted octanol–water partition coefficient (Wildman–Crippen LogP) is 4.10. The first-order chi connectivity index (χ1) is 12.4. The summed E-state index contributed by atoms with van der Waals surface area (Å²) in [6, 6.07) is 6.10. The number of H-pyrrole nitrogens is 1. The molecule has 136 valence electrons. The van der Waals surface area contributed by atoms with E-state index in [0.29, 0.717) is 6.42 Å². The lowest BCUT2D eigenvalue weighted by atomic mass is 9.84. The summed E-state index contributed by atoms with van der Waals surface area (Å²) in [7, 11) is 0. The number of aromatic nitrogens is 1. The van der Waals surface area contributed by atoms with E-state index in [0.717, 1.165) is 56.6 Å². The molecule has 4 rings (SSSR count). The minimum absolute atomic E-state index is 0.0414. The molecule has 2 heterocycles. The molecular weight excluding hydrogens is 443 g/mol. The molecule has 0 saturated heterocycles. The molecule has 6 heteroatoms. The van der Waals surface area contributed by atoms with Gasteiger partial charge in [0, 0.05) is 27.1 Å². The number of hydrogen-bond donors (Lipinski definition) is 3. The highest BCUT2D eigenvalue weighted by molar-refractivity contribution is 14.1. The van der Waals surface area contributed by atoms with Crippen LogP contribution in [0.5, 0.6) is 0 Å². The second-order valence-corrected chi connectivity index (χ2v) is 8.46. The van der Waals surface area contributed by atoms with Gasteiger partial charge in [-0.1, -0.05) is 0 Å². The zero-order chi connectivity index (χ0) is 18.4. The van der Waals surface area contributed by atoms with Crippen LogP contribution in [-0.2, 0) is 22.4 Å². The highest BCUT2D eigenvalue weighted by atomic mass is 127.